The molecule has 128 valence electrons. The van der Waals surface area contributed by atoms with E-state index in [2.05, 4.69) is 14.9 Å². The molecule has 1 aromatic carbocycles. The van der Waals surface area contributed by atoms with Gasteiger partial charge in [0.1, 0.15) is 5.82 Å². The number of rotatable bonds is 5. The van der Waals surface area contributed by atoms with Gasteiger partial charge in [0.15, 0.2) is 0 Å². The van der Waals surface area contributed by atoms with Gasteiger partial charge < -0.3 is 14.7 Å². The molecule has 1 aromatic heterocycles. The molecule has 0 spiro atoms. The minimum absolute atomic E-state index is 0.0936. The average molecular weight is 331 g/mol. The Kier molecular flexibility index (Phi) is 4.94. The van der Waals surface area contributed by atoms with Gasteiger partial charge in [-0.15, -0.1) is 0 Å². The number of halogens is 1. The maximum absolute atomic E-state index is 13.4. The second-order valence-corrected chi connectivity index (χ2v) is 6.35. The van der Waals surface area contributed by atoms with Crippen LogP contribution in [0.4, 0.5) is 10.3 Å². The third-order valence-corrected chi connectivity index (χ3v) is 4.74. The third-order valence-electron chi connectivity index (χ3n) is 4.74. The molecule has 0 radical (unpaired) electrons. The number of aromatic nitrogens is 2. The second-order valence-electron chi connectivity index (χ2n) is 6.35. The zero-order valence-corrected chi connectivity index (χ0v) is 13.8. The fourth-order valence-electron chi connectivity index (χ4n) is 3.25. The number of hydrogen-bond donors (Lipinski definition) is 1. The van der Waals surface area contributed by atoms with E-state index < -0.39 is 0 Å². The van der Waals surface area contributed by atoms with Crippen LogP contribution in [0, 0.1) is 11.2 Å². The summed E-state index contributed by atoms with van der Waals surface area (Å²) in [5.41, 5.74) is 0.707. The predicted octanol–water partition coefficient (Wildman–Crippen LogP) is 2.45. The van der Waals surface area contributed by atoms with Crippen LogP contribution in [0.3, 0.4) is 0 Å². The van der Waals surface area contributed by atoms with Gasteiger partial charge in [0.25, 0.3) is 0 Å². The van der Waals surface area contributed by atoms with Gasteiger partial charge in [-0.2, -0.15) is 4.98 Å². The van der Waals surface area contributed by atoms with Gasteiger partial charge >= 0.3 is 0 Å². The fraction of sp³-hybridized carbons (Fsp3) is 0.444. The van der Waals surface area contributed by atoms with E-state index in [1.807, 2.05) is 6.07 Å². The Morgan fingerprint density at radius 2 is 2.08 bits per heavy atom. The lowest BCUT2D eigenvalue weighted by Gasteiger charge is -2.41. The molecule has 0 saturated carbocycles. The van der Waals surface area contributed by atoms with Crippen molar-refractivity contribution in [2.24, 2.45) is 5.41 Å². The van der Waals surface area contributed by atoms with Gasteiger partial charge in [-0.05, 0) is 37.0 Å². The molecule has 0 amide bonds. The van der Waals surface area contributed by atoms with Crippen LogP contribution in [-0.4, -0.2) is 41.9 Å². The number of nitrogens with zero attached hydrogens (tertiary/aromatic N) is 3. The summed E-state index contributed by atoms with van der Waals surface area (Å²) in [4.78, 5) is 10.8. The molecular weight excluding hydrogens is 309 g/mol. The van der Waals surface area contributed by atoms with Crippen molar-refractivity contribution in [2.45, 2.75) is 19.3 Å². The molecule has 0 bridgehead atoms. The highest BCUT2D eigenvalue weighted by atomic mass is 19.1. The molecule has 5 nitrogen and oxygen atoms in total. The zero-order chi connectivity index (χ0) is 17.0. The predicted molar refractivity (Wildman–Crippen MR) is 89.7 cm³/mol. The van der Waals surface area contributed by atoms with Gasteiger partial charge in [-0.3, -0.25) is 0 Å². The van der Waals surface area contributed by atoms with E-state index >= 15 is 0 Å². The molecular formula is C18H22FN3O2. The summed E-state index contributed by atoms with van der Waals surface area (Å²) in [6.45, 7) is 1.60. The smallest absolute Gasteiger partial charge is 0.228 e. The zero-order valence-electron chi connectivity index (χ0n) is 13.8. The van der Waals surface area contributed by atoms with Crippen LogP contribution in [0.25, 0.3) is 0 Å². The van der Waals surface area contributed by atoms with Crippen molar-refractivity contribution in [3.8, 4) is 5.88 Å². The summed E-state index contributed by atoms with van der Waals surface area (Å²) >= 11 is 0. The van der Waals surface area contributed by atoms with Gasteiger partial charge in [-0.1, -0.05) is 12.1 Å². The maximum atomic E-state index is 13.4. The maximum Gasteiger partial charge on any atom is 0.228 e. The normalized spacial score (nSPS) is 16.9. The lowest BCUT2D eigenvalue weighted by molar-refractivity contribution is 0.0958. The lowest BCUT2D eigenvalue weighted by atomic mass is 9.74. The lowest BCUT2D eigenvalue weighted by Crippen LogP contribution is -2.44. The van der Waals surface area contributed by atoms with E-state index in [1.54, 1.807) is 31.5 Å². The topological polar surface area (TPSA) is 58.5 Å². The largest absolute Gasteiger partial charge is 0.481 e. The molecule has 1 fully saturated rings. The number of methoxy groups -OCH3 is 1. The molecule has 3 rings (SSSR count). The van der Waals surface area contributed by atoms with Crippen LogP contribution in [-0.2, 0) is 6.42 Å². The Balaban J connectivity index is 1.69. The van der Waals surface area contributed by atoms with Crippen LogP contribution in [0.1, 0.15) is 18.4 Å². The molecule has 1 aliphatic heterocycles. The molecule has 1 aliphatic rings. The van der Waals surface area contributed by atoms with Crippen LogP contribution in [0.5, 0.6) is 5.88 Å². The van der Waals surface area contributed by atoms with Crippen molar-refractivity contribution in [3.05, 3.63) is 47.9 Å². The standard InChI is InChI=1S/C18H22FN3O2/c1-24-16-5-8-20-17(21-16)22-9-6-18(13-23,7-10-22)12-14-3-2-4-15(19)11-14/h2-5,8,11,23H,6-7,9-10,12-13H2,1H3. The Labute approximate surface area is 141 Å². The number of anilines is 1. The van der Waals surface area contributed by atoms with Crippen molar-refractivity contribution in [1.29, 1.82) is 0 Å². The highest BCUT2D eigenvalue weighted by Crippen LogP contribution is 2.35. The minimum atomic E-state index is -0.234. The Morgan fingerprint density at radius 1 is 1.29 bits per heavy atom. The first kappa shape index (κ1) is 16.6. The summed E-state index contributed by atoms with van der Waals surface area (Å²) in [7, 11) is 1.58. The van der Waals surface area contributed by atoms with Crippen LogP contribution in [0.15, 0.2) is 36.5 Å². The van der Waals surface area contributed by atoms with Crippen molar-refractivity contribution in [3.63, 3.8) is 0 Å². The first-order valence-corrected chi connectivity index (χ1v) is 8.11. The molecule has 2 heterocycles. The van der Waals surface area contributed by atoms with E-state index in [0.717, 1.165) is 31.5 Å². The number of hydrogen-bond acceptors (Lipinski definition) is 5. The van der Waals surface area contributed by atoms with Crippen LogP contribution in [0.2, 0.25) is 0 Å². The molecule has 1 saturated heterocycles. The fourth-order valence-corrected chi connectivity index (χ4v) is 3.25. The second kappa shape index (κ2) is 7.13. The molecule has 2 aromatic rings. The summed E-state index contributed by atoms with van der Waals surface area (Å²) in [6, 6.07) is 8.34. The molecule has 0 aliphatic carbocycles. The van der Waals surface area contributed by atoms with Gasteiger partial charge in [0, 0.05) is 37.4 Å². The van der Waals surface area contributed by atoms with Gasteiger partial charge in [-0.25, -0.2) is 9.37 Å². The molecule has 0 unspecified atom stereocenters. The molecule has 24 heavy (non-hydrogen) atoms. The van der Waals surface area contributed by atoms with Gasteiger partial charge in [0.05, 0.1) is 7.11 Å². The average Bonchev–Trinajstić information content (AvgIpc) is 2.62. The first-order valence-electron chi connectivity index (χ1n) is 8.11. The number of benzene rings is 1. The van der Waals surface area contributed by atoms with Crippen molar-refractivity contribution in [1.82, 2.24) is 9.97 Å². The summed E-state index contributed by atoms with van der Waals surface area (Å²) in [6.07, 6.45) is 3.97. The molecule has 0 atom stereocenters. The van der Waals surface area contributed by atoms with Crippen LogP contribution >= 0.6 is 0 Å². The summed E-state index contributed by atoms with van der Waals surface area (Å²) < 4.78 is 18.6. The van der Waals surface area contributed by atoms with Crippen molar-refractivity contribution >= 4 is 5.95 Å². The highest BCUT2D eigenvalue weighted by Gasteiger charge is 2.35. The first-order chi connectivity index (χ1) is 11.6. The molecule has 1 N–H and O–H groups in total. The number of piperidine rings is 1. The summed E-state index contributed by atoms with van der Waals surface area (Å²) in [5.74, 6) is 0.952. The van der Waals surface area contributed by atoms with Gasteiger partial charge in [0.2, 0.25) is 11.8 Å². The van der Waals surface area contributed by atoms with E-state index in [0.29, 0.717) is 18.2 Å². The quantitative estimate of drug-likeness (QED) is 0.912. The SMILES string of the molecule is COc1ccnc(N2CCC(CO)(Cc3cccc(F)c3)CC2)n1. The highest BCUT2D eigenvalue weighted by molar-refractivity contribution is 5.33. The minimum Gasteiger partial charge on any atom is -0.481 e. The summed E-state index contributed by atoms with van der Waals surface area (Å²) in [5, 5.41) is 9.95. The number of ether oxygens (including phenoxy) is 1. The van der Waals surface area contributed by atoms with Crippen LogP contribution < -0.4 is 9.64 Å². The Hall–Kier alpha value is -2.21. The van der Waals surface area contributed by atoms with E-state index in [-0.39, 0.29) is 17.8 Å². The van der Waals surface area contributed by atoms with E-state index in [9.17, 15) is 9.50 Å². The third kappa shape index (κ3) is 3.64. The van der Waals surface area contributed by atoms with Crippen molar-refractivity contribution in [2.75, 3.05) is 31.7 Å². The van der Waals surface area contributed by atoms with E-state index in [4.69, 9.17) is 4.74 Å². The Bertz CT molecular complexity index is 687. The number of aliphatic hydroxyl groups excluding tert-OH is 1. The molecule has 6 heteroatoms. The monoisotopic (exact) mass is 331 g/mol. The Morgan fingerprint density at radius 3 is 2.75 bits per heavy atom. The van der Waals surface area contributed by atoms with Crippen molar-refractivity contribution < 1.29 is 14.2 Å². The van der Waals surface area contributed by atoms with E-state index in [1.165, 1.54) is 6.07 Å². The number of aliphatic hydroxyl groups is 1.